The highest BCUT2D eigenvalue weighted by atomic mass is 16.5. The van der Waals surface area contributed by atoms with Gasteiger partial charge in [0.2, 0.25) is 0 Å². The highest BCUT2D eigenvalue weighted by molar-refractivity contribution is 5.69. The van der Waals surface area contributed by atoms with Gasteiger partial charge in [0.05, 0.1) is 6.61 Å². The monoisotopic (exact) mass is 355 g/mol. The zero-order chi connectivity index (χ0) is 18.6. The van der Waals surface area contributed by atoms with Gasteiger partial charge in [0.15, 0.2) is 0 Å². The second-order valence-electron chi connectivity index (χ2n) is 7.72. The molecule has 3 nitrogen and oxygen atoms in total. The lowest BCUT2D eigenvalue weighted by molar-refractivity contribution is -0.142. The summed E-state index contributed by atoms with van der Waals surface area (Å²) in [5.74, 6) is -0.0255. The summed E-state index contributed by atoms with van der Waals surface area (Å²) in [6.07, 6.45) is 21.2. The molecule has 150 valence electrons. The molecule has 1 heterocycles. The molecule has 1 fully saturated rings. The Kier molecular flexibility index (Phi) is 19.3. The van der Waals surface area contributed by atoms with Crippen molar-refractivity contribution < 1.29 is 9.53 Å². The number of nitrogens with zero attached hydrogens (tertiary/aromatic N) is 1. The third-order valence-electron chi connectivity index (χ3n) is 4.75. The van der Waals surface area contributed by atoms with E-state index in [1.54, 1.807) is 0 Å². The Balaban J connectivity index is 0.000000593. The third-order valence-corrected chi connectivity index (χ3v) is 4.75. The Morgan fingerprint density at radius 1 is 0.760 bits per heavy atom. The van der Waals surface area contributed by atoms with E-state index in [0.29, 0.717) is 13.0 Å². The fraction of sp³-hybridized carbons (Fsp3) is 0.955. The summed E-state index contributed by atoms with van der Waals surface area (Å²) in [5, 5.41) is 0. The summed E-state index contributed by atoms with van der Waals surface area (Å²) in [5.41, 5.74) is 0. The van der Waals surface area contributed by atoms with Gasteiger partial charge in [-0.3, -0.25) is 4.79 Å². The van der Waals surface area contributed by atoms with Gasteiger partial charge in [-0.2, -0.15) is 0 Å². The van der Waals surface area contributed by atoms with E-state index in [1.165, 1.54) is 83.6 Å². The molecular formula is C22H45NO2. The zero-order valence-corrected chi connectivity index (χ0v) is 17.5. The van der Waals surface area contributed by atoms with Crippen LogP contribution in [0.4, 0.5) is 0 Å². The molecule has 0 aromatic carbocycles. The highest BCUT2D eigenvalue weighted by Gasteiger charge is 2.05. The van der Waals surface area contributed by atoms with Crippen LogP contribution >= 0.6 is 0 Å². The van der Waals surface area contributed by atoms with Crippen molar-refractivity contribution in [2.24, 2.45) is 0 Å². The molecule has 3 heteroatoms. The first-order chi connectivity index (χ1) is 12.2. The summed E-state index contributed by atoms with van der Waals surface area (Å²) in [6, 6.07) is 0. The zero-order valence-electron chi connectivity index (χ0n) is 17.5. The first-order valence-corrected chi connectivity index (χ1v) is 11.0. The summed E-state index contributed by atoms with van der Waals surface area (Å²) in [7, 11) is 4.33. The van der Waals surface area contributed by atoms with E-state index < -0.39 is 0 Å². The maximum atomic E-state index is 10.5. The number of esters is 1. The molecule has 0 unspecified atom stereocenters. The lowest BCUT2D eigenvalue weighted by Crippen LogP contribution is -2.12. The highest BCUT2D eigenvalue weighted by Crippen LogP contribution is 2.11. The Morgan fingerprint density at radius 2 is 1.28 bits per heavy atom. The quantitative estimate of drug-likeness (QED) is 0.285. The van der Waals surface area contributed by atoms with Gasteiger partial charge in [-0.25, -0.2) is 0 Å². The van der Waals surface area contributed by atoms with E-state index in [1.807, 2.05) is 0 Å². The minimum atomic E-state index is -0.0255. The van der Waals surface area contributed by atoms with Gasteiger partial charge in [0, 0.05) is 6.42 Å². The molecular weight excluding hydrogens is 310 g/mol. The molecule has 0 aliphatic carbocycles. The fourth-order valence-electron chi connectivity index (χ4n) is 3.08. The van der Waals surface area contributed by atoms with Gasteiger partial charge in [0.25, 0.3) is 0 Å². The lowest BCUT2D eigenvalue weighted by Gasteiger charge is -2.08. The van der Waals surface area contributed by atoms with Crippen LogP contribution in [0.25, 0.3) is 0 Å². The first kappa shape index (κ1) is 24.4. The Bertz CT molecular complexity index is 269. The lowest BCUT2D eigenvalue weighted by atomic mass is 10.1. The minimum Gasteiger partial charge on any atom is -0.466 e. The van der Waals surface area contributed by atoms with Crippen molar-refractivity contribution in [1.29, 1.82) is 0 Å². The fourth-order valence-corrected chi connectivity index (χ4v) is 3.08. The molecule has 0 radical (unpaired) electrons. The largest absolute Gasteiger partial charge is 0.466 e. The number of cyclic esters (lactones) is 1. The first-order valence-electron chi connectivity index (χ1n) is 11.0. The molecule has 0 bridgehead atoms. The molecule has 0 aromatic rings. The number of unbranched alkanes of at least 4 members (excludes halogenated alkanes) is 11. The molecule has 0 aromatic heterocycles. The van der Waals surface area contributed by atoms with Gasteiger partial charge >= 0.3 is 5.97 Å². The van der Waals surface area contributed by atoms with E-state index in [-0.39, 0.29) is 5.97 Å². The summed E-state index contributed by atoms with van der Waals surface area (Å²) in [6.45, 7) is 4.19. The smallest absolute Gasteiger partial charge is 0.305 e. The van der Waals surface area contributed by atoms with Crippen LogP contribution in [0.3, 0.4) is 0 Å². The molecule has 0 atom stereocenters. The molecule has 25 heavy (non-hydrogen) atoms. The average molecular weight is 356 g/mol. The Morgan fingerprint density at radius 3 is 1.80 bits per heavy atom. The molecule has 1 saturated heterocycles. The van der Waals surface area contributed by atoms with Crippen molar-refractivity contribution >= 4 is 5.97 Å². The summed E-state index contributed by atoms with van der Waals surface area (Å²) in [4.78, 5) is 12.7. The number of hydrogen-bond acceptors (Lipinski definition) is 3. The molecule has 0 N–H and O–H groups in total. The maximum Gasteiger partial charge on any atom is 0.305 e. The van der Waals surface area contributed by atoms with Crippen LogP contribution in [-0.2, 0) is 9.53 Å². The number of hydrogen-bond donors (Lipinski definition) is 0. The van der Waals surface area contributed by atoms with E-state index in [4.69, 9.17) is 4.74 Å². The molecule has 0 amide bonds. The SMILES string of the molecule is CCCCCCCCCCCCCCN(C)C.O=C1CCCCCO1. The number of ether oxygens (including phenoxy) is 1. The summed E-state index contributed by atoms with van der Waals surface area (Å²) >= 11 is 0. The van der Waals surface area contributed by atoms with Crippen LogP contribution in [0.15, 0.2) is 0 Å². The molecule has 0 saturated carbocycles. The van der Waals surface area contributed by atoms with Crippen LogP contribution < -0.4 is 0 Å². The third kappa shape index (κ3) is 21.4. The van der Waals surface area contributed by atoms with Crippen molar-refractivity contribution in [3.05, 3.63) is 0 Å². The van der Waals surface area contributed by atoms with Crippen molar-refractivity contribution in [3.8, 4) is 0 Å². The average Bonchev–Trinajstić information content (AvgIpc) is 2.84. The number of rotatable bonds is 13. The topological polar surface area (TPSA) is 29.5 Å². The second kappa shape index (κ2) is 19.8. The van der Waals surface area contributed by atoms with Crippen LogP contribution in [-0.4, -0.2) is 38.1 Å². The predicted octanol–water partition coefficient (Wildman–Crippen LogP) is 6.35. The van der Waals surface area contributed by atoms with Crippen LogP contribution in [0.2, 0.25) is 0 Å². The van der Waals surface area contributed by atoms with Crippen molar-refractivity contribution in [1.82, 2.24) is 4.90 Å². The molecule has 1 aliphatic rings. The normalized spacial score (nSPS) is 14.6. The van der Waals surface area contributed by atoms with Gasteiger partial charge in [-0.15, -0.1) is 0 Å². The predicted molar refractivity (Wildman–Crippen MR) is 109 cm³/mol. The van der Waals surface area contributed by atoms with E-state index in [0.717, 1.165) is 19.3 Å². The van der Waals surface area contributed by atoms with Crippen LogP contribution in [0, 0.1) is 0 Å². The number of carbonyl (C=O) groups is 1. The second-order valence-corrected chi connectivity index (χ2v) is 7.72. The minimum absolute atomic E-state index is 0.0255. The van der Waals surface area contributed by atoms with E-state index in [9.17, 15) is 4.79 Å². The van der Waals surface area contributed by atoms with Gasteiger partial charge in [-0.1, -0.05) is 77.6 Å². The van der Waals surface area contributed by atoms with Gasteiger partial charge < -0.3 is 9.64 Å². The molecule has 1 rings (SSSR count). The van der Waals surface area contributed by atoms with E-state index in [2.05, 4.69) is 25.9 Å². The van der Waals surface area contributed by atoms with Crippen molar-refractivity contribution in [3.63, 3.8) is 0 Å². The Labute approximate surface area is 157 Å². The Hall–Kier alpha value is -0.570. The standard InChI is InChI=1S/C16H35N.C6H10O2/c1-4-5-6-7-8-9-10-11-12-13-14-15-16-17(2)3;7-6-4-2-1-3-5-8-6/h4-16H2,1-3H3;1-5H2. The van der Waals surface area contributed by atoms with Crippen LogP contribution in [0.1, 0.15) is 110 Å². The van der Waals surface area contributed by atoms with Crippen molar-refractivity contribution in [2.45, 2.75) is 110 Å². The molecule has 0 spiro atoms. The van der Waals surface area contributed by atoms with Crippen molar-refractivity contribution in [2.75, 3.05) is 27.2 Å². The maximum absolute atomic E-state index is 10.5. The number of carbonyl (C=O) groups excluding carboxylic acids is 1. The van der Waals surface area contributed by atoms with Gasteiger partial charge in [-0.05, 0) is 46.3 Å². The summed E-state index contributed by atoms with van der Waals surface area (Å²) < 4.78 is 4.76. The van der Waals surface area contributed by atoms with Gasteiger partial charge in [0.1, 0.15) is 0 Å². The molecule has 1 aliphatic heterocycles. The van der Waals surface area contributed by atoms with E-state index >= 15 is 0 Å². The van der Waals surface area contributed by atoms with Crippen LogP contribution in [0.5, 0.6) is 0 Å².